The molecule has 14 heteroatoms. The van der Waals surface area contributed by atoms with Crippen LogP contribution in [0.2, 0.25) is 4.47 Å². The molecule has 2 aliphatic rings. The van der Waals surface area contributed by atoms with Crippen LogP contribution in [0.4, 0.5) is 0 Å². The van der Waals surface area contributed by atoms with E-state index in [0.29, 0.717) is 29.2 Å². The average Bonchev–Trinajstić information content (AvgIpc) is 3.37. The number of halogens is 1. The van der Waals surface area contributed by atoms with Crippen LogP contribution in [-0.2, 0) is 6.54 Å². The van der Waals surface area contributed by atoms with Crippen molar-refractivity contribution in [3.8, 4) is 0 Å². The molecule has 2 fully saturated rings. The van der Waals surface area contributed by atoms with Crippen LogP contribution < -0.4 is 10.6 Å². The number of nitrogens with zero attached hydrogens (tertiary/aromatic N) is 5. The molecule has 0 bridgehead atoms. The first-order chi connectivity index (χ1) is 13.9. The van der Waals surface area contributed by atoms with Gasteiger partial charge in [0.2, 0.25) is 0 Å². The fraction of sp³-hybridized carbons (Fsp3) is 0.533. The predicted molar refractivity (Wildman–Crippen MR) is 114 cm³/mol. The van der Waals surface area contributed by atoms with Gasteiger partial charge in [0.25, 0.3) is 12.4 Å². The molecule has 0 aromatic carbocycles. The first-order valence-corrected chi connectivity index (χ1v) is 11.2. The molecule has 0 amide bonds. The molecule has 3 heterocycles. The molecular formula is C15H22ClN7O4S2. The molecule has 0 aliphatic carbocycles. The zero-order chi connectivity index (χ0) is 21.2. The van der Waals surface area contributed by atoms with Gasteiger partial charge in [0.1, 0.15) is 0 Å². The van der Waals surface area contributed by atoms with Gasteiger partial charge in [-0.15, -0.1) is 11.3 Å². The Morgan fingerprint density at radius 2 is 1.79 bits per heavy atom. The van der Waals surface area contributed by atoms with Gasteiger partial charge < -0.3 is 20.4 Å². The minimum Gasteiger partial charge on any atom is -0.365 e. The largest absolute Gasteiger partial charge is 0.365 e. The summed E-state index contributed by atoms with van der Waals surface area (Å²) in [5.74, 6) is 2.17. The lowest BCUT2D eigenvalue weighted by molar-refractivity contribution is -0.404. The van der Waals surface area contributed by atoms with Crippen LogP contribution in [0, 0.1) is 20.2 Å². The fourth-order valence-corrected chi connectivity index (χ4v) is 4.10. The highest BCUT2D eigenvalue weighted by molar-refractivity contribution is 7.98. The van der Waals surface area contributed by atoms with Crippen LogP contribution >= 0.6 is 34.7 Å². The van der Waals surface area contributed by atoms with Gasteiger partial charge in [0.15, 0.2) is 16.1 Å². The maximum absolute atomic E-state index is 10.4. The minimum atomic E-state index is -0.458. The van der Waals surface area contributed by atoms with Crippen LogP contribution in [-0.4, -0.2) is 69.4 Å². The standard InChI is InChI=1S/C8H9ClN4O2S.C7H13N3O2S/c9-8-11-3-6(16-8)4-12-2-1-10-7(12)5-13(14)15;1-13-5-4-9-3-2-8-7(9)6-10(11)12/h3,5,10H,1-2,4H2;6,8H,2-5H2,1H3/b7-5+;. The summed E-state index contributed by atoms with van der Waals surface area (Å²) in [5, 5.41) is 26.6. The van der Waals surface area contributed by atoms with E-state index in [1.165, 1.54) is 11.3 Å². The third kappa shape index (κ3) is 7.95. The summed E-state index contributed by atoms with van der Waals surface area (Å²) in [6, 6.07) is 0. The number of hydrogen-bond acceptors (Lipinski definition) is 11. The number of nitro groups is 2. The molecule has 2 N–H and O–H groups in total. The molecule has 29 heavy (non-hydrogen) atoms. The van der Waals surface area contributed by atoms with Gasteiger partial charge in [-0.3, -0.25) is 20.2 Å². The third-order valence-corrected chi connectivity index (χ3v) is 5.64. The van der Waals surface area contributed by atoms with Crippen molar-refractivity contribution in [1.82, 2.24) is 25.4 Å². The second-order valence-corrected chi connectivity index (χ2v) is 8.62. The van der Waals surface area contributed by atoms with E-state index in [-0.39, 0.29) is 0 Å². The van der Waals surface area contributed by atoms with Crippen molar-refractivity contribution in [2.45, 2.75) is 6.54 Å². The van der Waals surface area contributed by atoms with E-state index >= 15 is 0 Å². The van der Waals surface area contributed by atoms with E-state index in [0.717, 1.165) is 49.2 Å². The van der Waals surface area contributed by atoms with Crippen LogP contribution in [0.3, 0.4) is 0 Å². The smallest absolute Gasteiger partial charge is 0.274 e. The Bertz CT molecular complexity index is 774. The van der Waals surface area contributed by atoms with Gasteiger partial charge in [-0.25, -0.2) is 4.98 Å². The molecule has 3 rings (SSSR count). The molecule has 2 aliphatic heterocycles. The lowest BCUT2D eigenvalue weighted by atomic mass is 10.4. The molecule has 0 atom stereocenters. The molecule has 1 aromatic rings. The average molecular weight is 464 g/mol. The van der Waals surface area contributed by atoms with Gasteiger partial charge in [0, 0.05) is 49.6 Å². The fourth-order valence-electron chi connectivity index (χ4n) is 2.70. The van der Waals surface area contributed by atoms with Crippen LogP contribution in [0.15, 0.2) is 30.2 Å². The third-order valence-electron chi connectivity index (χ3n) is 3.95. The van der Waals surface area contributed by atoms with Gasteiger partial charge in [-0.05, 0) is 6.26 Å². The van der Waals surface area contributed by atoms with E-state index < -0.39 is 9.85 Å². The molecule has 0 unspecified atom stereocenters. The number of rotatable bonds is 7. The van der Waals surface area contributed by atoms with E-state index in [9.17, 15) is 20.2 Å². The molecule has 1 aromatic heterocycles. The van der Waals surface area contributed by atoms with Crippen LogP contribution in [0.25, 0.3) is 0 Å². The Morgan fingerprint density at radius 1 is 1.21 bits per heavy atom. The molecule has 2 saturated heterocycles. The van der Waals surface area contributed by atoms with Crippen molar-refractivity contribution in [2.24, 2.45) is 0 Å². The van der Waals surface area contributed by atoms with Gasteiger partial charge >= 0.3 is 0 Å². The Hall–Kier alpha value is -2.25. The van der Waals surface area contributed by atoms with Gasteiger partial charge in [-0.1, -0.05) is 11.6 Å². The van der Waals surface area contributed by atoms with E-state index in [4.69, 9.17) is 11.6 Å². The Labute approximate surface area is 181 Å². The first kappa shape index (κ1) is 23.0. The lowest BCUT2D eigenvalue weighted by Gasteiger charge is -2.15. The highest BCUT2D eigenvalue weighted by Gasteiger charge is 2.20. The van der Waals surface area contributed by atoms with Crippen molar-refractivity contribution < 1.29 is 9.85 Å². The Kier molecular flexibility index (Phi) is 9.28. The van der Waals surface area contributed by atoms with Crippen molar-refractivity contribution >= 4 is 34.7 Å². The van der Waals surface area contributed by atoms with E-state index in [1.54, 1.807) is 18.0 Å². The maximum atomic E-state index is 10.4. The predicted octanol–water partition coefficient (Wildman–Crippen LogP) is 1.61. The number of thioether (sulfide) groups is 1. The molecule has 11 nitrogen and oxygen atoms in total. The highest BCUT2D eigenvalue weighted by Crippen LogP contribution is 2.21. The summed E-state index contributed by atoms with van der Waals surface area (Å²) in [7, 11) is 0. The van der Waals surface area contributed by atoms with Crippen molar-refractivity contribution in [1.29, 1.82) is 0 Å². The van der Waals surface area contributed by atoms with Gasteiger partial charge in [0.05, 0.1) is 16.4 Å². The molecule has 0 radical (unpaired) electrons. The molecule has 0 spiro atoms. The zero-order valence-corrected chi connectivity index (χ0v) is 18.1. The Morgan fingerprint density at radius 3 is 2.31 bits per heavy atom. The normalized spacial score (nSPS) is 18.4. The summed E-state index contributed by atoms with van der Waals surface area (Å²) < 4.78 is 0.488. The number of thiazole rings is 1. The quantitative estimate of drug-likeness (QED) is 0.454. The lowest BCUT2D eigenvalue weighted by Crippen LogP contribution is -2.23. The SMILES string of the molecule is CSCCN1CCNC1=C[N+](=O)[O-].O=[N+]([O-])/C=C1\NCCN1Cc1cnc(Cl)s1. The van der Waals surface area contributed by atoms with Crippen molar-refractivity contribution in [3.05, 3.63) is 59.8 Å². The zero-order valence-electron chi connectivity index (χ0n) is 15.7. The monoisotopic (exact) mass is 463 g/mol. The second kappa shape index (κ2) is 11.7. The summed E-state index contributed by atoms with van der Waals surface area (Å²) in [6.07, 6.45) is 5.73. The van der Waals surface area contributed by atoms with Gasteiger partial charge in [-0.2, -0.15) is 11.8 Å². The molecule has 0 saturated carbocycles. The number of hydrogen-bond donors (Lipinski definition) is 2. The summed E-state index contributed by atoms with van der Waals surface area (Å²) in [4.78, 5) is 28.6. The van der Waals surface area contributed by atoms with Crippen LogP contribution in [0.5, 0.6) is 0 Å². The first-order valence-electron chi connectivity index (χ1n) is 8.66. The van der Waals surface area contributed by atoms with Crippen molar-refractivity contribution in [2.75, 3.05) is 44.7 Å². The topological polar surface area (TPSA) is 130 Å². The Balaban J connectivity index is 0.000000212. The number of aromatic nitrogens is 1. The van der Waals surface area contributed by atoms with E-state index in [1.807, 2.05) is 16.1 Å². The molecule has 160 valence electrons. The van der Waals surface area contributed by atoms with Crippen LogP contribution in [0.1, 0.15) is 4.88 Å². The number of nitrogens with one attached hydrogen (secondary N) is 2. The summed E-state index contributed by atoms with van der Waals surface area (Å²) in [6.45, 7) is 4.58. The summed E-state index contributed by atoms with van der Waals surface area (Å²) >= 11 is 8.84. The van der Waals surface area contributed by atoms with Crippen molar-refractivity contribution in [3.63, 3.8) is 0 Å². The highest BCUT2D eigenvalue weighted by atomic mass is 35.5. The molecular weight excluding hydrogens is 442 g/mol. The minimum absolute atomic E-state index is 0.417. The second-order valence-electron chi connectivity index (χ2n) is 5.93. The summed E-state index contributed by atoms with van der Waals surface area (Å²) in [5.41, 5.74) is 0. The maximum Gasteiger partial charge on any atom is 0.274 e. The van der Waals surface area contributed by atoms with E-state index in [2.05, 4.69) is 15.6 Å².